The normalized spacial score (nSPS) is 11.5. The first kappa shape index (κ1) is 10.7. The molecule has 1 nitrogen and oxygen atoms in total. The smallest absolute Gasteiger partial charge is 0.294 e. The Bertz CT molecular complexity index is 368. The molecular weight excluding hydrogens is 200 g/mol. The Balaban J connectivity index is 3.20. The fraction of sp³-hybridized carbons (Fsp3) is 0.222. The van der Waals surface area contributed by atoms with Gasteiger partial charge in [0.15, 0.2) is 5.78 Å². The number of rotatable bonds is 1. The third kappa shape index (κ3) is 2.10. The molecule has 5 heteroatoms. The summed E-state index contributed by atoms with van der Waals surface area (Å²) in [6, 6.07) is 1.83. The number of ketones is 1. The van der Waals surface area contributed by atoms with Crippen LogP contribution in [0.2, 0.25) is 0 Å². The average Bonchev–Trinajstić information content (AvgIpc) is 2.01. The van der Waals surface area contributed by atoms with E-state index < -0.39 is 23.3 Å². The maximum atomic E-state index is 12.9. The van der Waals surface area contributed by atoms with E-state index in [1.54, 1.807) is 0 Å². The van der Waals surface area contributed by atoms with Crippen LogP contribution in [0.1, 0.15) is 22.8 Å². The van der Waals surface area contributed by atoms with Gasteiger partial charge in [-0.1, -0.05) is 0 Å². The van der Waals surface area contributed by atoms with Crippen molar-refractivity contribution in [1.82, 2.24) is 0 Å². The van der Waals surface area contributed by atoms with E-state index in [1.165, 1.54) is 0 Å². The molecule has 0 aliphatic rings. The van der Waals surface area contributed by atoms with Crippen molar-refractivity contribution in [3.63, 3.8) is 0 Å². The molecular formula is C9H6F4O. The minimum atomic E-state index is -4.59. The van der Waals surface area contributed by atoms with E-state index in [9.17, 15) is 22.4 Å². The summed E-state index contributed by atoms with van der Waals surface area (Å²) in [6.45, 7) is 1.09. The van der Waals surface area contributed by atoms with Crippen LogP contribution in [-0.4, -0.2) is 5.78 Å². The molecule has 0 atom stereocenters. The van der Waals surface area contributed by atoms with Gasteiger partial charge in [0, 0.05) is 0 Å². The maximum absolute atomic E-state index is 12.9. The van der Waals surface area contributed by atoms with Crippen LogP contribution >= 0.6 is 0 Å². The summed E-state index contributed by atoms with van der Waals surface area (Å²) in [4.78, 5) is 10.7. The van der Waals surface area contributed by atoms with E-state index in [1.807, 2.05) is 0 Å². The molecule has 1 aromatic rings. The summed E-state index contributed by atoms with van der Waals surface area (Å²) in [5.41, 5.74) is -1.43. The molecule has 0 N–H and O–H groups in total. The van der Waals surface area contributed by atoms with E-state index in [2.05, 4.69) is 0 Å². The highest BCUT2D eigenvalue weighted by Crippen LogP contribution is 2.30. The van der Waals surface area contributed by atoms with Crippen LogP contribution in [0.25, 0.3) is 0 Å². The van der Waals surface area contributed by atoms with Gasteiger partial charge in [0.25, 0.3) is 0 Å². The van der Waals surface area contributed by atoms with Crippen molar-refractivity contribution in [2.24, 2.45) is 0 Å². The minimum absolute atomic E-state index is 0.316. The van der Waals surface area contributed by atoms with Gasteiger partial charge in [-0.05, 0) is 25.1 Å². The highest BCUT2D eigenvalue weighted by molar-refractivity contribution is 5.94. The molecule has 76 valence electrons. The van der Waals surface area contributed by atoms with Crippen molar-refractivity contribution in [1.29, 1.82) is 0 Å². The Hall–Kier alpha value is -1.39. The zero-order valence-electron chi connectivity index (χ0n) is 7.15. The minimum Gasteiger partial charge on any atom is -0.294 e. The fourth-order valence-electron chi connectivity index (χ4n) is 0.977. The van der Waals surface area contributed by atoms with E-state index in [-0.39, 0.29) is 5.56 Å². The Morgan fingerprint density at radius 1 is 1.29 bits per heavy atom. The zero-order chi connectivity index (χ0) is 10.9. The summed E-state index contributed by atoms with van der Waals surface area (Å²) < 4.78 is 49.1. The molecule has 0 fully saturated rings. The summed E-state index contributed by atoms with van der Waals surface area (Å²) in [6.07, 6.45) is -4.59. The topological polar surface area (TPSA) is 17.1 Å². The second-order valence-corrected chi connectivity index (χ2v) is 2.75. The van der Waals surface area contributed by atoms with Crippen molar-refractivity contribution in [2.45, 2.75) is 13.1 Å². The second kappa shape index (κ2) is 3.40. The summed E-state index contributed by atoms with van der Waals surface area (Å²) >= 11 is 0. The van der Waals surface area contributed by atoms with Gasteiger partial charge in [0.1, 0.15) is 5.82 Å². The summed E-state index contributed by atoms with van der Waals surface area (Å²) in [7, 11) is 0. The van der Waals surface area contributed by atoms with Crippen molar-refractivity contribution < 1.29 is 22.4 Å². The van der Waals surface area contributed by atoms with Crippen LogP contribution in [0.3, 0.4) is 0 Å². The number of Topliss-reactive ketones (excluding diaryl/α,β-unsaturated/α-hetero) is 1. The number of halogens is 4. The average molecular weight is 206 g/mol. The summed E-state index contributed by atoms with van der Waals surface area (Å²) in [5, 5.41) is 0. The van der Waals surface area contributed by atoms with Crippen LogP contribution in [-0.2, 0) is 6.18 Å². The predicted molar refractivity (Wildman–Crippen MR) is 41.4 cm³/mol. The SMILES string of the molecule is CC(=O)c1ccc(C(F)(F)F)cc1F. The molecule has 1 aromatic carbocycles. The molecule has 0 saturated heterocycles. The van der Waals surface area contributed by atoms with Crippen LogP contribution < -0.4 is 0 Å². The van der Waals surface area contributed by atoms with Gasteiger partial charge in [0.05, 0.1) is 11.1 Å². The number of hydrogen-bond donors (Lipinski definition) is 0. The first-order valence-corrected chi connectivity index (χ1v) is 3.70. The predicted octanol–water partition coefficient (Wildman–Crippen LogP) is 3.05. The van der Waals surface area contributed by atoms with Gasteiger partial charge < -0.3 is 0 Å². The fourth-order valence-corrected chi connectivity index (χ4v) is 0.977. The molecule has 14 heavy (non-hydrogen) atoms. The Morgan fingerprint density at radius 3 is 2.21 bits per heavy atom. The van der Waals surface area contributed by atoms with E-state index in [4.69, 9.17) is 0 Å². The van der Waals surface area contributed by atoms with Gasteiger partial charge in [-0.25, -0.2) is 4.39 Å². The van der Waals surface area contributed by atoms with Crippen molar-refractivity contribution in [3.8, 4) is 0 Å². The lowest BCUT2D eigenvalue weighted by Gasteiger charge is -2.07. The molecule has 0 unspecified atom stereocenters. The van der Waals surface area contributed by atoms with Crippen LogP contribution in [0, 0.1) is 5.82 Å². The largest absolute Gasteiger partial charge is 0.416 e. The Kier molecular flexibility index (Phi) is 2.59. The van der Waals surface area contributed by atoms with Gasteiger partial charge in [-0.15, -0.1) is 0 Å². The molecule has 0 spiro atoms. The molecule has 0 aliphatic carbocycles. The first-order chi connectivity index (χ1) is 6.32. The Labute approximate surface area is 77.3 Å². The molecule has 0 radical (unpaired) electrons. The third-order valence-corrected chi connectivity index (χ3v) is 1.68. The Morgan fingerprint density at radius 2 is 1.86 bits per heavy atom. The van der Waals surface area contributed by atoms with Gasteiger partial charge >= 0.3 is 6.18 Å². The standard InChI is InChI=1S/C9H6F4O/c1-5(14)7-3-2-6(4-8(7)10)9(11,12)13/h2-4H,1H3. The van der Waals surface area contributed by atoms with E-state index in [0.717, 1.165) is 13.0 Å². The summed E-state index contributed by atoms with van der Waals surface area (Å²) in [5.74, 6) is -1.75. The quantitative estimate of drug-likeness (QED) is 0.509. The highest BCUT2D eigenvalue weighted by atomic mass is 19.4. The van der Waals surface area contributed by atoms with Gasteiger partial charge in [-0.3, -0.25) is 4.79 Å². The maximum Gasteiger partial charge on any atom is 0.416 e. The highest BCUT2D eigenvalue weighted by Gasteiger charge is 2.31. The lowest BCUT2D eigenvalue weighted by atomic mass is 10.1. The second-order valence-electron chi connectivity index (χ2n) is 2.75. The third-order valence-electron chi connectivity index (χ3n) is 1.68. The van der Waals surface area contributed by atoms with Gasteiger partial charge in [-0.2, -0.15) is 13.2 Å². The molecule has 1 rings (SSSR count). The first-order valence-electron chi connectivity index (χ1n) is 3.70. The van der Waals surface area contributed by atoms with Crippen molar-refractivity contribution in [2.75, 3.05) is 0 Å². The number of carbonyl (C=O) groups is 1. The molecule has 0 aromatic heterocycles. The van der Waals surface area contributed by atoms with E-state index in [0.29, 0.717) is 12.1 Å². The van der Waals surface area contributed by atoms with Crippen molar-refractivity contribution >= 4 is 5.78 Å². The monoisotopic (exact) mass is 206 g/mol. The van der Waals surface area contributed by atoms with Crippen molar-refractivity contribution in [3.05, 3.63) is 35.1 Å². The molecule has 0 saturated carbocycles. The van der Waals surface area contributed by atoms with E-state index >= 15 is 0 Å². The zero-order valence-corrected chi connectivity index (χ0v) is 7.15. The molecule has 0 aliphatic heterocycles. The van der Waals surface area contributed by atoms with Gasteiger partial charge in [0.2, 0.25) is 0 Å². The molecule has 0 heterocycles. The molecule has 0 bridgehead atoms. The number of carbonyl (C=O) groups excluding carboxylic acids is 1. The lowest BCUT2D eigenvalue weighted by Crippen LogP contribution is -2.07. The lowest BCUT2D eigenvalue weighted by molar-refractivity contribution is -0.137. The van der Waals surface area contributed by atoms with Crippen LogP contribution in [0.15, 0.2) is 18.2 Å². The van der Waals surface area contributed by atoms with Crippen LogP contribution in [0.4, 0.5) is 17.6 Å². The van der Waals surface area contributed by atoms with Crippen LogP contribution in [0.5, 0.6) is 0 Å². The number of hydrogen-bond acceptors (Lipinski definition) is 1. The molecule has 0 amide bonds. The number of benzene rings is 1. The number of alkyl halides is 3.